The SMILES string of the molecule is O=C(COC(=O)/C=C/c1ccccc1Cl)NC(c1ccccc1)c1ccccc1. The first-order valence-corrected chi connectivity index (χ1v) is 9.50. The van der Waals surface area contributed by atoms with E-state index < -0.39 is 5.97 Å². The van der Waals surface area contributed by atoms with Crippen molar-refractivity contribution in [3.8, 4) is 0 Å². The van der Waals surface area contributed by atoms with Crippen molar-refractivity contribution in [2.75, 3.05) is 6.61 Å². The molecule has 0 aliphatic rings. The maximum atomic E-state index is 12.4. The molecule has 0 spiro atoms. The minimum Gasteiger partial charge on any atom is -0.452 e. The number of carbonyl (C=O) groups is 2. The number of hydrogen-bond donors (Lipinski definition) is 1. The van der Waals surface area contributed by atoms with Gasteiger partial charge in [0, 0.05) is 11.1 Å². The molecule has 0 unspecified atom stereocenters. The van der Waals surface area contributed by atoms with Crippen LogP contribution >= 0.6 is 11.6 Å². The van der Waals surface area contributed by atoms with Gasteiger partial charge in [-0.1, -0.05) is 90.5 Å². The average molecular weight is 406 g/mol. The Labute approximate surface area is 174 Å². The van der Waals surface area contributed by atoms with Crippen LogP contribution in [-0.2, 0) is 14.3 Å². The van der Waals surface area contributed by atoms with Crippen molar-refractivity contribution in [1.29, 1.82) is 0 Å². The molecule has 0 fully saturated rings. The van der Waals surface area contributed by atoms with E-state index in [-0.39, 0.29) is 18.6 Å². The number of nitrogens with one attached hydrogen (secondary N) is 1. The standard InChI is InChI=1S/C24H20ClNO3/c25-21-14-8-7-9-18(21)15-16-23(28)29-17-22(27)26-24(19-10-3-1-4-11-19)20-12-5-2-6-13-20/h1-16,24H,17H2,(H,26,27)/b16-15+. The summed E-state index contributed by atoms with van der Waals surface area (Å²) in [5.41, 5.74) is 2.58. The fraction of sp³-hybridized carbons (Fsp3) is 0.0833. The molecule has 1 N–H and O–H groups in total. The number of ether oxygens (including phenoxy) is 1. The van der Waals surface area contributed by atoms with Gasteiger partial charge in [0.1, 0.15) is 0 Å². The summed E-state index contributed by atoms with van der Waals surface area (Å²) in [4.78, 5) is 24.3. The molecule has 4 nitrogen and oxygen atoms in total. The number of esters is 1. The second kappa shape index (κ2) is 10.2. The molecular weight excluding hydrogens is 386 g/mol. The Morgan fingerprint density at radius 2 is 1.41 bits per heavy atom. The fourth-order valence-electron chi connectivity index (χ4n) is 2.81. The van der Waals surface area contributed by atoms with Crippen LogP contribution in [0.1, 0.15) is 22.7 Å². The van der Waals surface area contributed by atoms with Crippen molar-refractivity contribution >= 4 is 29.6 Å². The van der Waals surface area contributed by atoms with E-state index in [4.69, 9.17) is 16.3 Å². The maximum absolute atomic E-state index is 12.4. The summed E-state index contributed by atoms with van der Waals surface area (Å²) in [6.07, 6.45) is 2.81. The molecule has 0 saturated carbocycles. The number of halogens is 1. The average Bonchev–Trinajstić information content (AvgIpc) is 2.76. The number of rotatable bonds is 7. The first-order chi connectivity index (χ1) is 14.1. The van der Waals surface area contributed by atoms with Gasteiger partial charge in [-0.05, 0) is 28.8 Å². The molecule has 0 heterocycles. The zero-order valence-electron chi connectivity index (χ0n) is 15.6. The first kappa shape index (κ1) is 20.4. The highest BCUT2D eigenvalue weighted by atomic mass is 35.5. The molecule has 3 aromatic rings. The minimum atomic E-state index is -0.615. The van der Waals surface area contributed by atoms with Gasteiger partial charge in [0.25, 0.3) is 5.91 Å². The smallest absolute Gasteiger partial charge is 0.331 e. The largest absolute Gasteiger partial charge is 0.452 e. The Kier molecular flexibility index (Phi) is 7.20. The van der Waals surface area contributed by atoms with E-state index in [0.29, 0.717) is 10.6 Å². The van der Waals surface area contributed by atoms with Gasteiger partial charge in [0.05, 0.1) is 6.04 Å². The van der Waals surface area contributed by atoms with Crippen LogP contribution in [-0.4, -0.2) is 18.5 Å². The lowest BCUT2D eigenvalue weighted by atomic mass is 9.99. The van der Waals surface area contributed by atoms with E-state index in [1.54, 1.807) is 24.3 Å². The van der Waals surface area contributed by atoms with Crippen LogP contribution in [0.2, 0.25) is 5.02 Å². The molecule has 5 heteroatoms. The van der Waals surface area contributed by atoms with Gasteiger partial charge in [-0.2, -0.15) is 0 Å². The van der Waals surface area contributed by atoms with Crippen molar-refractivity contribution in [1.82, 2.24) is 5.32 Å². The predicted octanol–water partition coefficient (Wildman–Crippen LogP) is 4.80. The van der Waals surface area contributed by atoms with Crippen molar-refractivity contribution < 1.29 is 14.3 Å². The predicted molar refractivity (Wildman–Crippen MR) is 114 cm³/mol. The van der Waals surface area contributed by atoms with Gasteiger partial charge in [-0.15, -0.1) is 0 Å². The normalized spacial score (nSPS) is 10.8. The highest BCUT2D eigenvalue weighted by Crippen LogP contribution is 2.21. The van der Waals surface area contributed by atoms with E-state index in [1.807, 2.05) is 66.7 Å². The van der Waals surface area contributed by atoms with E-state index >= 15 is 0 Å². The summed E-state index contributed by atoms with van der Waals surface area (Å²) in [6.45, 7) is -0.373. The molecule has 0 aliphatic carbocycles. The van der Waals surface area contributed by atoms with Gasteiger partial charge in [-0.25, -0.2) is 4.79 Å². The number of carbonyl (C=O) groups excluding carboxylic acids is 2. The zero-order valence-corrected chi connectivity index (χ0v) is 16.4. The third kappa shape index (κ3) is 6.06. The summed E-state index contributed by atoms with van der Waals surface area (Å²) in [7, 11) is 0. The van der Waals surface area contributed by atoms with Gasteiger partial charge in [-0.3, -0.25) is 4.79 Å². The van der Waals surface area contributed by atoms with Crippen molar-refractivity contribution in [2.45, 2.75) is 6.04 Å². The summed E-state index contributed by atoms with van der Waals surface area (Å²) in [6, 6.07) is 26.1. The van der Waals surface area contributed by atoms with Gasteiger partial charge in [0.15, 0.2) is 6.61 Å². The lowest BCUT2D eigenvalue weighted by Gasteiger charge is -2.19. The molecule has 3 rings (SSSR count). The van der Waals surface area contributed by atoms with Crippen LogP contribution in [0.25, 0.3) is 6.08 Å². The maximum Gasteiger partial charge on any atom is 0.331 e. The second-order valence-electron chi connectivity index (χ2n) is 6.28. The van der Waals surface area contributed by atoms with Gasteiger partial charge in [0.2, 0.25) is 0 Å². The number of hydrogen-bond acceptors (Lipinski definition) is 3. The minimum absolute atomic E-state index is 0.331. The molecule has 29 heavy (non-hydrogen) atoms. The number of benzene rings is 3. The lowest BCUT2D eigenvalue weighted by Crippen LogP contribution is -2.32. The molecule has 0 saturated heterocycles. The van der Waals surface area contributed by atoms with Crippen molar-refractivity contribution in [3.05, 3.63) is 113 Å². The Bertz CT molecular complexity index is 948. The monoisotopic (exact) mass is 405 g/mol. The van der Waals surface area contributed by atoms with E-state index in [0.717, 1.165) is 11.1 Å². The van der Waals surface area contributed by atoms with E-state index in [2.05, 4.69) is 5.32 Å². The highest BCUT2D eigenvalue weighted by Gasteiger charge is 2.17. The van der Waals surface area contributed by atoms with Crippen LogP contribution in [0.15, 0.2) is 91.0 Å². The van der Waals surface area contributed by atoms with Crippen LogP contribution in [0.5, 0.6) is 0 Å². The van der Waals surface area contributed by atoms with Gasteiger partial charge >= 0.3 is 5.97 Å². The third-order valence-electron chi connectivity index (χ3n) is 4.22. The molecule has 146 valence electrons. The summed E-state index contributed by atoms with van der Waals surface area (Å²) >= 11 is 6.04. The van der Waals surface area contributed by atoms with Crippen LogP contribution < -0.4 is 5.32 Å². The Hall–Kier alpha value is -3.37. The molecule has 0 aliphatic heterocycles. The second-order valence-corrected chi connectivity index (χ2v) is 6.69. The van der Waals surface area contributed by atoms with E-state index in [1.165, 1.54) is 6.08 Å². The highest BCUT2D eigenvalue weighted by molar-refractivity contribution is 6.32. The molecule has 0 radical (unpaired) electrons. The molecule has 1 amide bonds. The van der Waals surface area contributed by atoms with Crippen LogP contribution in [0, 0.1) is 0 Å². The molecule has 3 aromatic carbocycles. The topological polar surface area (TPSA) is 55.4 Å². The molecule has 0 bridgehead atoms. The summed E-state index contributed by atoms with van der Waals surface area (Å²) in [5.74, 6) is -1.00. The zero-order chi connectivity index (χ0) is 20.5. The first-order valence-electron chi connectivity index (χ1n) is 9.12. The van der Waals surface area contributed by atoms with Crippen LogP contribution in [0.4, 0.5) is 0 Å². The lowest BCUT2D eigenvalue weighted by molar-refractivity contribution is -0.143. The summed E-state index contributed by atoms with van der Waals surface area (Å²) in [5, 5.41) is 3.46. The molecule has 0 aromatic heterocycles. The Morgan fingerprint density at radius 3 is 2.00 bits per heavy atom. The van der Waals surface area contributed by atoms with E-state index in [9.17, 15) is 9.59 Å². The third-order valence-corrected chi connectivity index (χ3v) is 4.57. The Balaban J connectivity index is 1.60. The quantitative estimate of drug-likeness (QED) is 0.453. The van der Waals surface area contributed by atoms with Crippen LogP contribution in [0.3, 0.4) is 0 Å². The number of amides is 1. The van der Waals surface area contributed by atoms with Gasteiger partial charge < -0.3 is 10.1 Å². The summed E-state index contributed by atoms with van der Waals surface area (Å²) < 4.78 is 5.06. The Morgan fingerprint density at radius 1 is 0.862 bits per heavy atom. The molecular formula is C24H20ClNO3. The molecule has 0 atom stereocenters. The van der Waals surface area contributed by atoms with Crippen molar-refractivity contribution in [2.24, 2.45) is 0 Å². The fourth-order valence-corrected chi connectivity index (χ4v) is 3.00. The van der Waals surface area contributed by atoms with Crippen molar-refractivity contribution in [3.63, 3.8) is 0 Å².